The first-order valence-electron chi connectivity index (χ1n) is 18.0. The molecule has 1 aromatic heterocycles. The van der Waals surface area contributed by atoms with Crippen LogP contribution in [0.5, 0.6) is 0 Å². The van der Waals surface area contributed by atoms with Crippen molar-refractivity contribution in [2.45, 2.75) is 18.8 Å². The Kier molecular flexibility index (Phi) is 8.33. The summed E-state index contributed by atoms with van der Waals surface area (Å²) in [6, 6.07) is 66.1. The molecule has 0 bridgehead atoms. The van der Waals surface area contributed by atoms with E-state index in [9.17, 15) is 0 Å². The number of hydrogen-bond acceptors (Lipinski definition) is 4. The van der Waals surface area contributed by atoms with Crippen molar-refractivity contribution in [3.63, 3.8) is 0 Å². The number of hydrogen-bond donors (Lipinski definition) is 0. The second-order valence-corrected chi connectivity index (χ2v) is 13.4. The number of nitrogens with zero attached hydrogens (tertiary/aromatic N) is 4. The van der Waals surface area contributed by atoms with E-state index in [1.165, 1.54) is 33.4 Å². The van der Waals surface area contributed by atoms with Gasteiger partial charge in [0.1, 0.15) is 0 Å². The Labute approximate surface area is 310 Å². The van der Waals surface area contributed by atoms with E-state index in [1.54, 1.807) is 0 Å². The number of rotatable bonds is 8. The van der Waals surface area contributed by atoms with Crippen molar-refractivity contribution in [1.29, 1.82) is 0 Å². The Morgan fingerprint density at radius 2 is 1.02 bits per heavy atom. The second-order valence-electron chi connectivity index (χ2n) is 13.4. The van der Waals surface area contributed by atoms with E-state index in [-0.39, 0.29) is 0 Å². The summed E-state index contributed by atoms with van der Waals surface area (Å²) in [5.41, 5.74) is 12.7. The van der Waals surface area contributed by atoms with Gasteiger partial charge in [-0.3, -0.25) is 0 Å². The monoisotopic (exact) mass is 680 g/mol. The highest BCUT2D eigenvalue weighted by atomic mass is 15.0. The van der Waals surface area contributed by atoms with Gasteiger partial charge in [-0.2, -0.15) is 0 Å². The third kappa shape index (κ3) is 5.84. The molecule has 4 nitrogen and oxygen atoms in total. The third-order valence-corrected chi connectivity index (χ3v) is 10.2. The van der Waals surface area contributed by atoms with Crippen molar-refractivity contribution in [3.8, 4) is 33.9 Å². The molecule has 1 aliphatic rings. The van der Waals surface area contributed by atoms with Gasteiger partial charge in [-0.15, -0.1) is 0 Å². The van der Waals surface area contributed by atoms with Gasteiger partial charge in [-0.05, 0) is 70.0 Å². The van der Waals surface area contributed by atoms with Gasteiger partial charge >= 0.3 is 0 Å². The van der Waals surface area contributed by atoms with E-state index in [0.717, 1.165) is 40.1 Å². The summed E-state index contributed by atoms with van der Waals surface area (Å²) in [5.74, 6) is 1.76. The lowest BCUT2D eigenvalue weighted by atomic mass is 9.67. The predicted octanol–water partition coefficient (Wildman–Crippen LogP) is 11.3. The van der Waals surface area contributed by atoms with Crippen LogP contribution in [0.1, 0.15) is 46.1 Å². The summed E-state index contributed by atoms with van der Waals surface area (Å²) in [6.45, 7) is 1.99. The number of aromatic nitrogens is 3. The lowest BCUT2D eigenvalue weighted by Crippen LogP contribution is -2.28. The predicted molar refractivity (Wildman–Crippen MR) is 216 cm³/mol. The Morgan fingerprint density at radius 3 is 1.72 bits per heavy atom. The molecule has 0 unspecified atom stereocenters. The number of para-hydroxylation sites is 1. The fourth-order valence-electron chi connectivity index (χ4n) is 7.80. The highest BCUT2D eigenvalue weighted by Crippen LogP contribution is 2.56. The summed E-state index contributed by atoms with van der Waals surface area (Å²) in [4.78, 5) is 20.4. The van der Waals surface area contributed by atoms with Gasteiger partial charge in [0.2, 0.25) is 0 Å². The van der Waals surface area contributed by atoms with E-state index in [1.807, 2.05) is 49.4 Å². The van der Waals surface area contributed by atoms with Crippen molar-refractivity contribution in [2.24, 2.45) is 4.99 Å². The fourth-order valence-corrected chi connectivity index (χ4v) is 7.80. The molecule has 53 heavy (non-hydrogen) atoms. The molecular formula is C49H36N4. The zero-order valence-electron chi connectivity index (χ0n) is 29.4. The molecule has 0 fully saturated rings. The molecule has 0 saturated heterocycles. The largest absolute Gasteiger partial charge is 0.250 e. The molecule has 7 aromatic carbocycles. The van der Waals surface area contributed by atoms with Crippen LogP contribution in [0.4, 0.5) is 5.69 Å². The van der Waals surface area contributed by atoms with Gasteiger partial charge < -0.3 is 0 Å². The molecule has 0 amide bonds. The number of fused-ring (bicyclic) bond motifs is 3. The van der Waals surface area contributed by atoms with E-state index < -0.39 is 5.41 Å². The van der Waals surface area contributed by atoms with Gasteiger partial charge in [0.15, 0.2) is 17.5 Å². The van der Waals surface area contributed by atoms with Crippen LogP contribution < -0.4 is 0 Å². The topological polar surface area (TPSA) is 51.0 Å². The van der Waals surface area contributed by atoms with Crippen LogP contribution in [0, 0.1) is 0 Å². The number of aliphatic imine (C=N–C) groups is 1. The molecule has 0 saturated carbocycles. The normalized spacial score (nSPS) is 13.0. The standard InChI is InChI=1S/C49H36N4/c1-34(50-45-31-16-11-22-37(45)32-35-18-5-2-6-19-35)46-51-47(36-20-7-3-8-21-36)53-48(52-46)38-23-17-26-40(33-38)49(39-24-9-4-10-25-39)43-29-14-12-27-41(43)42-28-13-15-30-44(42)49/h2-31,33H,32H2,1H3. The Morgan fingerprint density at radius 1 is 0.491 bits per heavy atom. The summed E-state index contributed by atoms with van der Waals surface area (Å²) in [5, 5.41) is 0. The van der Waals surface area contributed by atoms with E-state index in [0.29, 0.717) is 17.5 Å². The summed E-state index contributed by atoms with van der Waals surface area (Å²) in [6.07, 6.45) is 0.785. The first kappa shape index (κ1) is 32.1. The van der Waals surface area contributed by atoms with Crippen LogP contribution in [0.15, 0.2) is 193 Å². The molecule has 1 aliphatic carbocycles. The molecule has 0 radical (unpaired) electrons. The second kappa shape index (κ2) is 13.7. The lowest BCUT2D eigenvalue weighted by Gasteiger charge is -2.34. The van der Waals surface area contributed by atoms with Crippen LogP contribution in [-0.4, -0.2) is 20.7 Å². The van der Waals surface area contributed by atoms with Gasteiger partial charge in [-0.1, -0.05) is 176 Å². The summed E-state index contributed by atoms with van der Waals surface area (Å²) < 4.78 is 0. The van der Waals surface area contributed by atoms with Crippen LogP contribution >= 0.6 is 0 Å². The molecule has 1 heterocycles. The molecule has 0 N–H and O–H groups in total. The van der Waals surface area contributed by atoms with Gasteiger partial charge in [0, 0.05) is 11.1 Å². The molecule has 9 rings (SSSR count). The SMILES string of the molecule is CC(=Nc1ccccc1Cc1ccccc1)c1nc(-c2ccccc2)nc(-c2cccc(C3(c4ccccc4)c4ccccc4-c4ccccc43)c2)n1. The van der Waals surface area contributed by atoms with E-state index in [4.69, 9.17) is 19.9 Å². The molecule has 0 aliphatic heterocycles. The Balaban J connectivity index is 1.21. The van der Waals surface area contributed by atoms with Crippen molar-refractivity contribution in [1.82, 2.24) is 15.0 Å². The molecule has 4 heteroatoms. The Hall–Kier alpha value is -6.78. The molecule has 0 spiro atoms. The average molecular weight is 681 g/mol. The highest BCUT2D eigenvalue weighted by Gasteiger charge is 2.45. The Bertz CT molecular complexity index is 2550. The van der Waals surface area contributed by atoms with Crippen LogP contribution in [-0.2, 0) is 11.8 Å². The van der Waals surface area contributed by atoms with Crippen molar-refractivity contribution >= 4 is 11.4 Å². The lowest BCUT2D eigenvalue weighted by molar-refractivity contribution is 0.768. The molecule has 8 aromatic rings. The first-order chi connectivity index (χ1) is 26.2. The van der Waals surface area contributed by atoms with Gasteiger partial charge in [-0.25, -0.2) is 19.9 Å². The zero-order chi connectivity index (χ0) is 35.6. The fraction of sp³-hybridized carbons (Fsp3) is 0.0612. The van der Waals surface area contributed by atoms with Crippen molar-refractivity contribution in [2.75, 3.05) is 0 Å². The maximum atomic E-state index is 5.14. The van der Waals surface area contributed by atoms with Crippen molar-refractivity contribution in [3.05, 3.63) is 227 Å². The summed E-state index contributed by atoms with van der Waals surface area (Å²) >= 11 is 0. The minimum Gasteiger partial charge on any atom is -0.250 e. The third-order valence-electron chi connectivity index (χ3n) is 10.2. The molecular weight excluding hydrogens is 645 g/mol. The van der Waals surface area contributed by atoms with E-state index >= 15 is 0 Å². The zero-order valence-corrected chi connectivity index (χ0v) is 29.4. The van der Waals surface area contributed by atoms with Crippen LogP contribution in [0.25, 0.3) is 33.9 Å². The van der Waals surface area contributed by atoms with Crippen LogP contribution in [0.3, 0.4) is 0 Å². The smallest absolute Gasteiger partial charge is 0.178 e. The molecule has 252 valence electrons. The highest BCUT2D eigenvalue weighted by molar-refractivity contribution is 5.98. The van der Waals surface area contributed by atoms with Crippen molar-refractivity contribution < 1.29 is 0 Å². The van der Waals surface area contributed by atoms with Gasteiger partial charge in [0.05, 0.1) is 16.8 Å². The maximum absolute atomic E-state index is 5.14. The van der Waals surface area contributed by atoms with Crippen LogP contribution in [0.2, 0.25) is 0 Å². The average Bonchev–Trinajstić information content (AvgIpc) is 3.53. The van der Waals surface area contributed by atoms with Gasteiger partial charge in [0.25, 0.3) is 0 Å². The summed E-state index contributed by atoms with van der Waals surface area (Å²) in [7, 11) is 0. The minimum absolute atomic E-state index is 0.525. The maximum Gasteiger partial charge on any atom is 0.178 e. The molecule has 0 atom stereocenters. The van der Waals surface area contributed by atoms with E-state index in [2.05, 4.69) is 146 Å². The number of benzene rings is 7. The quantitative estimate of drug-likeness (QED) is 0.150. The minimum atomic E-state index is -0.525. The first-order valence-corrected chi connectivity index (χ1v) is 18.0.